The molecule has 1 aromatic heterocycles. The first-order chi connectivity index (χ1) is 11.4. The number of aromatic amines is 1. The highest BCUT2D eigenvalue weighted by Gasteiger charge is 2.21. The fourth-order valence-electron chi connectivity index (χ4n) is 2.29. The second-order valence-electron chi connectivity index (χ2n) is 4.82. The SMILES string of the molecule is COc1c(F)cc(C(=N)N(O)c2ccc(F)c(Cl)c2)c2nc[nH]c12. The largest absolute Gasteiger partial charge is 0.492 e. The number of ether oxygens (including phenoxy) is 1. The molecule has 3 N–H and O–H groups in total. The van der Waals surface area contributed by atoms with Crippen LogP contribution in [0.5, 0.6) is 5.75 Å². The Bertz CT molecular complexity index is 945. The fourth-order valence-corrected chi connectivity index (χ4v) is 2.47. The maximum absolute atomic E-state index is 14.2. The Balaban J connectivity index is 2.08. The average molecular weight is 353 g/mol. The van der Waals surface area contributed by atoms with E-state index in [2.05, 4.69) is 9.97 Å². The van der Waals surface area contributed by atoms with Crippen molar-refractivity contribution >= 4 is 34.2 Å². The summed E-state index contributed by atoms with van der Waals surface area (Å²) in [7, 11) is 1.31. The first kappa shape index (κ1) is 16.2. The number of imidazole rings is 1. The Morgan fingerprint density at radius 3 is 2.75 bits per heavy atom. The van der Waals surface area contributed by atoms with E-state index in [1.54, 1.807) is 0 Å². The lowest BCUT2D eigenvalue weighted by atomic mass is 10.1. The number of rotatable bonds is 3. The van der Waals surface area contributed by atoms with Gasteiger partial charge in [-0.15, -0.1) is 0 Å². The average Bonchev–Trinajstić information content (AvgIpc) is 3.04. The third-order valence-electron chi connectivity index (χ3n) is 3.43. The Morgan fingerprint density at radius 1 is 1.33 bits per heavy atom. The lowest BCUT2D eigenvalue weighted by Gasteiger charge is -2.19. The first-order valence-electron chi connectivity index (χ1n) is 6.66. The molecule has 124 valence electrons. The summed E-state index contributed by atoms with van der Waals surface area (Å²) in [5.74, 6) is -1.89. The molecule has 0 spiro atoms. The van der Waals surface area contributed by atoms with E-state index in [1.807, 2.05) is 0 Å². The molecule has 0 bridgehead atoms. The third kappa shape index (κ3) is 2.55. The van der Waals surface area contributed by atoms with E-state index in [0.717, 1.165) is 18.2 Å². The highest BCUT2D eigenvalue weighted by Crippen LogP contribution is 2.31. The van der Waals surface area contributed by atoms with Gasteiger partial charge in [-0.05, 0) is 24.3 Å². The van der Waals surface area contributed by atoms with Crippen LogP contribution in [0, 0.1) is 17.0 Å². The van der Waals surface area contributed by atoms with Gasteiger partial charge in [-0.25, -0.2) is 18.8 Å². The van der Waals surface area contributed by atoms with E-state index in [9.17, 15) is 14.0 Å². The minimum absolute atomic E-state index is 0.0208. The van der Waals surface area contributed by atoms with Gasteiger partial charge in [0.15, 0.2) is 17.4 Å². The number of fused-ring (bicyclic) bond motifs is 1. The number of hydroxylamine groups is 1. The molecule has 9 heteroatoms. The molecule has 0 aliphatic heterocycles. The predicted molar refractivity (Wildman–Crippen MR) is 85.1 cm³/mol. The lowest BCUT2D eigenvalue weighted by Crippen LogP contribution is -2.27. The van der Waals surface area contributed by atoms with Gasteiger partial charge in [0.1, 0.15) is 16.9 Å². The summed E-state index contributed by atoms with van der Waals surface area (Å²) in [6.45, 7) is 0. The molecular formula is C15H11ClF2N4O2. The van der Waals surface area contributed by atoms with Crippen molar-refractivity contribution in [3.63, 3.8) is 0 Å². The molecule has 0 saturated carbocycles. The van der Waals surface area contributed by atoms with E-state index < -0.39 is 17.5 Å². The molecule has 2 aromatic carbocycles. The molecule has 3 aromatic rings. The maximum Gasteiger partial charge on any atom is 0.180 e. The predicted octanol–water partition coefficient (Wildman–Crippen LogP) is 3.72. The molecule has 1 heterocycles. The van der Waals surface area contributed by atoms with Gasteiger partial charge in [0, 0.05) is 0 Å². The summed E-state index contributed by atoms with van der Waals surface area (Å²) in [6.07, 6.45) is 1.32. The van der Waals surface area contributed by atoms with Gasteiger partial charge in [0.05, 0.1) is 29.7 Å². The van der Waals surface area contributed by atoms with Crippen LogP contribution in [0.15, 0.2) is 30.6 Å². The highest BCUT2D eigenvalue weighted by atomic mass is 35.5. The van der Waals surface area contributed by atoms with Crippen molar-refractivity contribution in [1.82, 2.24) is 9.97 Å². The van der Waals surface area contributed by atoms with Gasteiger partial charge < -0.3 is 9.72 Å². The van der Waals surface area contributed by atoms with Gasteiger partial charge in [-0.1, -0.05) is 11.6 Å². The van der Waals surface area contributed by atoms with Crippen LogP contribution in [-0.2, 0) is 0 Å². The normalized spacial score (nSPS) is 10.9. The quantitative estimate of drug-likeness (QED) is 0.381. The number of aromatic nitrogens is 2. The topological polar surface area (TPSA) is 85.2 Å². The van der Waals surface area contributed by atoms with Crippen LogP contribution in [0.2, 0.25) is 5.02 Å². The molecule has 0 amide bonds. The van der Waals surface area contributed by atoms with Crippen molar-refractivity contribution in [3.05, 3.63) is 52.8 Å². The van der Waals surface area contributed by atoms with Crippen molar-refractivity contribution in [2.24, 2.45) is 0 Å². The van der Waals surface area contributed by atoms with Crippen LogP contribution in [0.3, 0.4) is 0 Å². The second kappa shape index (κ2) is 6.06. The van der Waals surface area contributed by atoms with Gasteiger partial charge in [-0.2, -0.15) is 0 Å². The van der Waals surface area contributed by atoms with Gasteiger partial charge >= 0.3 is 0 Å². The number of amidine groups is 1. The third-order valence-corrected chi connectivity index (χ3v) is 3.72. The van der Waals surface area contributed by atoms with Crippen LogP contribution in [0.1, 0.15) is 5.56 Å². The summed E-state index contributed by atoms with van der Waals surface area (Å²) in [5.41, 5.74) is 0.562. The standard InChI is InChI=1S/C15H11ClF2N4O2/c1-24-14-11(18)5-8(12-13(14)21-6-20-12)15(19)22(23)7-2-3-10(17)9(16)4-7/h2-6,19,23H,1H3,(H,20,21). The lowest BCUT2D eigenvalue weighted by molar-refractivity contribution is 0.312. The number of hydrogen-bond donors (Lipinski definition) is 3. The summed E-state index contributed by atoms with van der Waals surface area (Å²) in [5, 5.41) is 18.6. The van der Waals surface area contributed by atoms with Crippen LogP contribution in [0.25, 0.3) is 11.0 Å². The molecule has 0 atom stereocenters. The second-order valence-corrected chi connectivity index (χ2v) is 5.23. The number of benzene rings is 2. The Labute approximate surface area is 139 Å². The Morgan fingerprint density at radius 2 is 2.08 bits per heavy atom. The van der Waals surface area contributed by atoms with E-state index in [0.29, 0.717) is 5.06 Å². The Kier molecular flexibility index (Phi) is 4.08. The molecule has 0 saturated heterocycles. The van der Waals surface area contributed by atoms with Crippen LogP contribution in [0.4, 0.5) is 14.5 Å². The van der Waals surface area contributed by atoms with Gasteiger partial charge in [0.2, 0.25) is 0 Å². The molecule has 3 rings (SSSR count). The monoisotopic (exact) mass is 352 g/mol. The highest BCUT2D eigenvalue weighted by molar-refractivity contribution is 6.31. The minimum Gasteiger partial charge on any atom is -0.492 e. The molecule has 0 unspecified atom stereocenters. The van der Waals surface area contributed by atoms with Crippen molar-refractivity contribution in [2.45, 2.75) is 0 Å². The van der Waals surface area contributed by atoms with E-state index in [1.165, 1.54) is 19.5 Å². The van der Waals surface area contributed by atoms with Gasteiger partial charge in [-0.3, -0.25) is 10.6 Å². The maximum atomic E-state index is 14.2. The summed E-state index contributed by atoms with van der Waals surface area (Å²) >= 11 is 5.67. The fraction of sp³-hybridized carbons (Fsp3) is 0.0667. The van der Waals surface area contributed by atoms with E-state index >= 15 is 0 Å². The molecule has 0 radical (unpaired) electrons. The number of H-pyrrole nitrogens is 1. The molecule has 0 aliphatic rings. The van der Waals surface area contributed by atoms with E-state index in [4.69, 9.17) is 21.7 Å². The zero-order valence-electron chi connectivity index (χ0n) is 12.3. The zero-order chi connectivity index (χ0) is 17.4. The van der Waals surface area contributed by atoms with Crippen LogP contribution < -0.4 is 9.80 Å². The smallest absolute Gasteiger partial charge is 0.180 e. The summed E-state index contributed by atoms with van der Waals surface area (Å²) in [4.78, 5) is 6.76. The summed E-state index contributed by atoms with van der Waals surface area (Å²) < 4.78 is 32.4. The number of nitrogens with zero attached hydrogens (tertiary/aromatic N) is 2. The van der Waals surface area contributed by atoms with Gasteiger partial charge in [0.25, 0.3) is 0 Å². The molecule has 24 heavy (non-hydrogen) atoms. The zero-order valence-corrected chi connectivity index (χ0v) is 13.0. The molecule has 0 aliphatic carbocycles. The molecule has 0 fully saturated rings. The van der Waals surface area contributed by atoms with Crippen molar-refractivity contribution in [3.8, 4) is 5.75 Å². The molecular weight excluding hydrogens is 342 g/mol. The number of nitrogens with one attached hydrogen (secondary N) is 2. The molecule has 6 nitrogen and oxygen atoms in total. The number of halogens is 3. The number of methoxy groups -OCH3 is 1. The van der Waals surface area contributed by atoms with Crippen molar-refractivity contribution in [2.75, 3.05) is 12.2 Å². The van der Waals surface area contributed by atoms with Crippen molar-refractivity contribution < 1.29 is 18.7 Å². The van der Waals surface area contributed by atoms with Crippen LogP contribution in [-0.4, -0.2) is 28.1 Å². The number of hydrogen-bond acceptors (Lipinski definition) is 4. The first-order valence-corrected chi connectivity index (χ1v) is 7.04. The minimum atomic E-state index is -0.723. The summed E-state index contributed by atoms with van der Waals surface area (Å²) in [6, 6.07) is 4.45. The van der Waals surface area contributed by atoms with Crippen molar-refractivity contribution in [1.29, 1.82) is 5.41 Å². The Hall–Kier alpha value is -2.71. The van der Waals surface area contributed by atoms with E-state index in [-0.39, 0.29) is 33.1 Å². The van der Waals surface area contributed by atoms with Crippen LogP contribution >= 0.6 is 11.6 Å². The number of anilines is 1.